The molecule has 19 heavy (non-hydrogen) atoms. The first-order chi connectivity index (χ1) is 9.31. The van der Waals surface area contributed by atoms with Crippen molar-refractivity contribution < 1.29 is 18.9 Å². The predicted octanol–water partition coefficient (Wildman–Crippen LogP) is 1.45. The van der Waals surface area contributed by atoms with E-state index in [0.29, 0.717) is 58.7 Å². The number of nitrogens with two attached hydrogens (primary N) is 1. The number of hydrogen-bond acceptors (Lipinski definition) is 5. The van der Waals surface area contributed by atoms with Gasteiger partial charge >= 0.3 is 0 Å². The molecule has 0 aliphatic carbocycles. The zero-order valence-electron chi connectivity index (χ0n) is 12.6. The molecule has 0 aromatic rings. The van der Waals surface area contributed by atoms with Crippen LogP contribution < -0.4 is 5.73 Å². The summed E-state index contributed by atoms with van der Waals surface area (Å²) in [5.41, 5.74) is 5.48. The predicted molar refractivity (Wildman–Crippen MR) is 76.4 cm³/mol. The fraction of sp³-hybridized carbons (Fsp3) is 1.00. The third-order valence-electron chi connectivity index (χ3n) is 2.56. The summed E-state index contributed by atoms with van der Waals surface area (Å²) in [6.07, 6.45) is 2.28. The minimum absolute atomic E-state index is 0.413. The van der Waals surface area contributed by atoms with Crippen LogP contribution in [0.1, 0.15) is 26.7 Å². The van der Waals surface area contributed by atoms with E-state index in [9.17, 15) is 0 Å². The molecular formula is C14H31NO4. The SMILES string of the molecule is CCCCOCCOCCOCCOCC(C)CN. The summed E-state index contributed by atoms with van der Waals surface area (Å²) >= 11 is 0. The summed E-state index contributed by atoms with van der Waals surface area (Å²) in [5, 5.41) is 0. The maximum absolute atomic E-state index is 5.48. The van der Waals surface area contributed by atoms with E-state index in [2.05, 4.69) is 13.8 Å². The molecule has 0 fully saturated rings. The normalized spacial score (nSPS) is 12.8. The lowest BCUT2D eigenvalue weighted by molar-refractivity contribution is -0.00510. The molecule has 0 saturated carbocycles. The first-order valence-electron chi connectivity index (χ1n) is 7.32. The van der Waals surface area contributed by atoms with E-state index in [4.69, 9.17) is 24.7 Å². The monoisotopic (exact) mass is 277 g/mol. The van der Waals surface area contributed by atoms with E-state index in [1.54, 1.807) is 0 Å². The molecule has 0 bridgehead atoms. The van der Waals surface area contributed by atoms with Gasteiger partial charge in [-0.25, -0.2) is 0 Å². The van der Waals surface area contributed by atoms with E-state index in [-0.39, 0.29) is 0 Å². The van der Waals surface area contributed by atoms with Crippen molar-refractivity contribution in [3.8, 4) is 0 Å². The van der Waals surface area contributed by atoms with Gasteiger partial charge in [0.15, 0.2) is 0 Å². The van der Waals surface area contributed by atoms with Crippen LogP contribution in [0, 0.1) is 5.92 Å². The van der Waals surface area contributed by atoms with Gasteiger partial charge in [-0.3, -0.25) is 0 Å². The van der Waals surface area contributed by atoms with Gasteiger partial charge in [-0.05, 0) is 18.9 Å². The van der Waals surface area contributed by atoms with Crippen molar-refractivity contribution in [2.45, 2.75) is 26.7 Å². The van der Waals surface area contributed by atoms with Crippen LogP contribution in [0.4, 0.5) is 0 Å². The van der Waals surface area contributed by atoms with Crippen LogP contribution in [0.2, 0.25) is 0 Å². The molecule has 0 rings (SSSR count). The molecule has 5 heteroatoms. The van der Waals surface area contributed by atoms with Gasteiger partial charge in [-0.1, -0.05) is 20.3 Å². The minimum Gasteiger partial charge on any atom is -0.379 e. The second kappa shape index (κ2) is 15.9. The number of rotatable bonds is 15. The molecule has 0 amide bonds. The van der Waals surface area contributed by atoms with Crippen molar-refractivity contribution in [1.29, 1.82) is 0 Å². The Labute approximate surface area is 117 Å². The van der Waals surface area contributed by atoms with Crippen molar-refractivity contribution >= 4 is 0 Å². The van der Waals surface area contributed by atoms with E-state index >= 15 is 0 Å². The molecule has 5 nitrogen and oxygen atoms in total. The first-order valence-corrected chi connectivity index (χ1v) is 7.32. The quantitative estimate of drug-likeness (QED) is 0.459. The van der Waals surface area contributed by atoms with Crippen LogP contribution >= 0.6 is 0 Å². The molecule has 2 N–H and O–H groups in total. The molecule has 0 radical (unpaired) electrons. The smallest absolute Gasteiger partial charge is 0.0701 e. The van der Waals surface area contributed by atoms with Crippen LogP contribution in [-0.4, -0.2) is 59.4 Å². The lowest BCUT2D eigenvalue weighted by Crippen LogP contribution is -2.18. The fourth-order valence-corrected chi connectivity index (χ4v) is 1.26. The molecule has 0 heterocycles. The maximum Gasteiger partial charge on any atom is 0.0701 e. The summed E-state index contributed by atoms with van der Waals surface area (Å²) < 4.78 is 21.5. The number of ether oxygens (including phenoxy) is 4. The largest absolute Gasteiger partial charge is 0.379 e. The van der Waals surface area contributed by atoms with Crippen LogP contribution in [0.3, 0.4) is 0 Å². The van der Waals surface area contributed by atoms with E-state index in [1.807, 2.05) is 0 Å². The van der Waals surface area contributed by atoms with Gasteiger partial charge in [0.05, 0.1) is 46.2 Å². The Kier molecular flexibility index (Phi) is 15.7. The van der Waals surface area contributed by atoms with Gasteiger partial charge in [0, 0.05) is 6.61 Å². The molecular weight excluding hydrogens is 246 g/mol. The van der Waals surface area contributed by atoms with E-state index in [1.165, 1.54) is 6.42 Å². The lowest BCUT2D eigenvalue weighted by Gasteiger charge is -2.10. The average Bonchev–Trinajstić information content (AvgIpc) is 2.43. The summed E-state index contributed by atoms with van der Waals surface area (Å²) in [7, 11) is 0. The zero-order valence-corrected chi connectivity index (χ0v) is 12.6. The highest BCUT2D eigenvalue weighted by atomic mass is 16.6. The van der Waals surface area contributed by atoms with Crippen LogP contribution in [-0.2, 0) is 18.9 Å². The van der Waals surface area contributed by atoms with Gasteiger partial charge in [0.2, 0.25) is 0 Å². The molecule has 0 aromatic carbocycles. The van der Waals surface area contributed by atoms with E-state index < -0.39 is 0 Å². The Morgan fingerprint density at radius 3 is 1.74 bits per heavy atom. The number of unbranched alkanes of at least 4 members (excludes halogenated alkanes) is 1. The summed E-state index contributed by atoms with van der Waals surface area (Å²) in [6, 6.07) is 0. The summed E-state index contributed by atoms with van der Waals surface area (Å²) in [6.45, 7) is 10.1. The second-order valence-corrected chi connectivity index (χ2v) is 4.61. The molecule has 1 atom stereocenters. The molecule has 1 unspecified atom stereocenters. The van der Waals surface area contributed by atoms with Crippen LogP contribution in [0.25, 0.3) is 0 Å². The van der Waals surface area contributed by atoms with Crippen molar-refractivity contribution in [3.63, 3.8) is 0 Å². The molecule has 0 saturated heterocycles. The van der Waals surface area contributed by atoms with Crippen molar-refractivity contribution in [2.24, 2.45) is 11.7 Å². The molecule has 0 spiro atoms. The Bertz CT molecular complexity index is 170. The Balaban J connectivity index is 2.95. The third-order valence-corrected chi connectivity index (χ3v) is 2.56. The third kappa shape index (κ3) is 15.7. The highest BCUT2D eigenvalue weighted by Crippen LogP contribution is 1.92. The van der Waals surface area contributed by atoms with Crippen LogP contribution in [0.15, 0.2) is 0 Å². The standard InChI is InChI=1S/C14H31NO4/c1-3-4-5-16-6-7-17-8-9-18-10-11-19-13-14(2)12-15/h14H,3-13,15H2,1-2H3. The maximum atomic E-state index is 5.48. The van der Waals surface area contributed by atoms with Crippen LogP contribution in [0.5, 0.6) is 0 Å². The fourth-order valence-electron chi connectivity index (χ4n) is 1.26. The Morgan fingerprint density at radius 1 is 0.789 bits per heavy atom. The minimum atomic E-state index is 0.413. The van der Waals surface area contributed by atoms with Crippen molar-refractivity contribution in [2.75, 3.05) is 59.4 Å². The molecule has 0 aliphatic rings. The van der Waals surface area contributed by atoms with Gasteiger partial charge < -0.3 is 24.7 Å². The topological polar surface area (TPSA) is 62.9 Å². The van der Waals surface area contributed by atoms with Gasteiger partial charge in [-0.15, -0.1) is 0 Å². The summed E-state index contributed by atoms with van der Waals surface area (Å²) in [5.74, 6) is 0.413. The average molecular weight is 277 g/mol. The highest BCUT2D eigenvalue weighted by molar-refractivity contribution is 4.49. The highest BCUT2D eigenvalue weighted by Gasteiger charge is 1.98. The Morgan fingerprint density at radius 2 is 1.26 bits per heavy atom. The first kappa shape index (κ1) is 18.8. The molecule has 0 aliphatic heterocycles. The molecule has 116 valence electrons. The van der Waals surface area contributed by atoms with Gasteiger partial charge in [0.25, 0.3) is 0 Å². The van der Waals surface area contributed by atoms with Crippen molar-refractivity contribution in [1.82, 2.24) is 0 Å². The van der Waals surface area contributed by atoms with Gasteiger partial charge in [-0.2, -0.15) is 0 Å². The zero-order chi connectivity index (χ0) is 14.2. The number of hydrogen-bond donors (Lipinski definition) is 1. The lowest BCUT2D eigenvalue weighted by atomic mass is 10.2. The van der Waals surface area contributed by atoms with E-state index in [0.717, 1.165) is 13.0 Å². The van der Waals surface area contributed by atoms with Gasteiger partial charge in [0.1, 0.15) is 0 Å². The summed E-state index contributed by atoms with van der Waals surface area (Å²) in [4.78, 5) is 0. The second-order valence-electron chi connectivity index (χ2n) is 4.61. The van der Waals surface area contributed by atoms with Crippen molar-refractivity contribution in [3.05, 3.63) is 0 Å². The molecule has 0 aromatic heterocycles. The Hall–Kier alpha value is -0.200.